The van der Waals surface area contributed by atoms with Gasteiger partial charge in [0.2, 0.25) is 0 Å². The summed E-state index contributed by atoms with van der Waals surface area (Å²) in [7, 11) is 0. The number of para-hydroxylation sites is 1. The normalized spacial score (nSPS) is 11.4. The Morgan fingerprint density at radius 1 is 0.404 bits per heavy atom. The van der Waals surface area contributed by atoms with E-state index in [1.807, 2.05) is 66.7 Å². The van der Waals surface area contributed by atoms with Gasteiger partial charge in [-0.25, -0.2) is 19.9 Å². The van der Waals surface area contributed by atoms with Crippen LogP contribution < -0.4 is 0 Å². The Kier molecular flexibility index (Phi) is 6.39. The molecule has 0 unspecified atom stereocenters. The van der Waals surface area contributed by atoms with Crippen LogP contribution in [0.15, 0.2) is 164 Å². The molecule has 5 aromatic carbocycles. The van der Waals surface area contributed by atoms with Crippen LogP contribution in [0.1, 0.15) is 0 Å². The number of pyridine rings is 2. The molecule has 0 spiro atoms. The quantitative estimate of drug-likeness (QED) is 0.197. The minimum atomic E-state index is 0.694. The molecule has 0 radical (unpaired) electrons. The van der Waals surface area contributed by atoms with Gasteiger partial charge in [0, 0.05) is 33.8 Å². The van der Waals surface area contributed by atoms with Crippen molar-refractivity contribution in [3.05, 3.63) is 164 Å². The summed E-state index contributed by atoms with van der Waals surface area (Å²) in [5.41, 5.74) is 12.8. The van der Waals surface area contributed by atoms with Gasteiger partial charge in [0.15, 0.2) is 5.82 Å². The van der Waals surface area contributed by atoms with Crippen LogP contribution in [0.3, 0.4) is 0 Å². The van der Waals surface area contributed by atoms with Crippen LogP contribution in [-0.2, 0) is 0 Å². The maximum absolute atomic E-state index is 5.14. The fourth-order valence-corrected chi connectivity index (χ4v) is 6.30. The molecule has 0 fully saturated rings. The molecule has 0 bridgehead atoms. The molecule has 5 nitrogen and oxygen atoms in total. The highest BCUT2D eigenvalue weighted by Gasteiger charge is 2.17. The zero-order valence-corrected chi connectivity index (χ0v) is 25.3. The molecule has 0 saturated heterocycles. The van der Waals surface area contributed by atoms with Crippen molar-refractivity contribution >= 4 is 27.6 Å². The summed E-state index contributed by atoms with van der Waals surface area (Å²) in [5, 5.41) is 1.05. The Balaban J connectivity index is 1.13. The Labute approximate surface area is 271 Å². The Bertz CT molecular complexity index is 2500. The van der Waals surface area contributed by atoms with Crippen LogP contribution in [0.25, 0.3) is 83.9 Å². The van der Waals surface area contributed by atoms with Crippen molar-refractivity contribution in [1.82, 2.24) is 24.3 Å². The van der Waals surface area contributed by atoms with Crippen molar-refractivity contribution in [2.45, 2.75) is 0 Å². The van der Waals surface area contributed by atoms with Gasteiger partial charge in [-0.05, 0) is 41.5 Å². The number of hydrogen-bond donors (Lipinski definition) is 0. The van der Waals surface area contributed by atoms with Gasteiger partial charge in [0.25, 0.3) is 0 Å². The van der Waals surface area contributed by atoms with E-state index >= 15 is 0 Å². The molecule has 9 rings (SSSR count). The summed E-state index contributed by atoms with van der Waals surface area (Å²) in [5.74, 6) is 0.694. The van der Waals surface area contributed by atoms with E-state index < -0.39 is 0 Å². The molecule has 0 N–H and O–H groups in total. The first kappa shape index (κ1) is 26.9. The maximum atomic E-state index is 5.14. The number of hydrogen-bond acceptors (Lipinski definition) is 4. The summed E-state index contributed by atoms with van der Waals surface area (Å²) in [4.78, 5) is 20.2. The zero-order chi connectivity index (χ0) is 31.2. The van der Waals surface area contributed by atoms with Gasteiger partial charge in [-0.3, -0.25) is 4.40 Å². The lowest BCUT2D eigenvalue weighted by Gasteiger charge is -2.11. The predicted octanol–water partition coefficient (Wildman–Crippen LogP) is 10.2. The molecule has 0 saturated carbocycles. The number of rotatable bonds is 5. The molecule has 4 heterocycles. The third-order valence-electron chi connectivity index (χ3n) is 8.62. The number of benzene rings is 5. The molecular weight excluding hydrogens is 574 g/mol. The molecule has 0 amide bonds. The maximum Gasteiger partial charge on any atom is 0.160 e. The predicted molar refractivity (Wildman–Crippen MR) is 191 cm³/mol. The summed E-state index contributed by atoms with van der Waals surface area (Å²) < 4.78 is 2.13. The first-order valence-electron chi connectivity index (χ1n) is 15.7. The molecule has 0 aliphatic heterocycles. The van der Waals surface area contributed by atoms with Crippen molar-refractivity contribution in [3.63, 3.8) is 0 Å². The zero-order valence-electron chi connectivity index (χ0n) is 25.3. The van der Waals surface area contributed by atoms with Gasteiger partial charge in [-0.15, -0.1) is 0 Å². The highest BCUT2D eigenvalue weighted by Crippen LogP contribution is 2.35. The Morgan fingerprint density at radius 3 is 1.77 bits per heavy atom. The smallest absolute Gasteiger partial charge is 0.160 e. The van der Waals surface area contributed by atoms with Crippen LogP contribution >= 0.6 is 0 Å². The van der Waals surface area contributed by atoms with Gasteiger partial charge in [0.05, 0.1) is 28.1 Å². The van der Waals surface area contributed by atoms with Crippen molar-refractivity contribution < 1.29 is 0 Å². The number of nitrogens with zero attached hydrogens (tertiary/aromatic N) is 5. The minimum absolute atomic E-state index is 0.694. The topological polar surface area (TPSA) is 56.0 Å². The fourth-order valence-electron chi connectivity index (χ4n) is 6.30. The van der Waals surface area contributed by atoms with Gasteiger partial charge in [0.1, 0.15) is 11.2 Å². The standard InChI is InChI=1S/C42H27N5/c1-3-12-29(13-4-1)36-27-37(30-14-5-2-6-15-30)45-42(44-36)33-17-11-16-32(26-33)28-21-23-31(24-22-28)39-41-40(34-18-7-8-19-35(34)43-39)46-38-20-9-10-25-47(38)41/h1-27H. The van der Waals surface area contributed by atoms with E-state index in [0.29, 0.717) is 5.82 Å². The van der Waals surface area contributed by atoms with E-state index in [4.69, 9.17) is 19.9 Å². The second-order valence-corrected chi connectivity index (χ2v) is 11.6. The second kappa shape index (κ2) is 11.2. The lowest BCUT2D eigenvalue weighted by Crippen LogP contribution is -1.96. The van der Waals surface area contributed by atoms with Gasteiger partial charge >= 0.3 is 0 Å². The van der Waals surface area contributed by atoms with Crippen molar-refractivity contribution in [3.8, 4) is 56.3 Å². The lowest BCUT2D eigenvalue weighted by atomic mass is 9.99. The Morgan fingerprint density at radius 2 is 1.02 bits per heavy atom. The van der Waals surface area contributed by atoms with Crippen molar-refractivity contribution in [2.24, 2.45) is 0 Å². The van der Waals surface area contributed by atoms with Gasteiger partial charge in [-0.1, -0.05) is 127 Å². The first-order valence-corrected chi connectivity index (χ1v) is 15.7. The summed E-state index contributed by atoms with van der Waals surface area (Å²) >= 11 is 0. The number of aromatic nitrogens is 5. The van der Waals surface area contributed by atoms with E-state index in [9.17, 15) is 0 Å². The lowest BCUT2D eigenvalue weighted by molar-refractivity contribution is 1.18. The monoisotopic (exact) mass is 601 g/mol. The molecule has 4 aromatic heterocycles. The molecule has 220 valence electrons. The van der Waals surface area contributed by atoms with Crippen LogP contribution in [-0.4, -0.2) is 24.3 Å². The number of fused-ring (bicyclic) bond motifs is 5. The summed E-state index contributed by atoms with van der Waals surface area (Å²) in [6, 6.07) is 54.0. The van der Waals surface area contributed by atoms with Crippen molar-refractivity contribution in [1.29, 1.82) is 0 Å². The van der Waals surface area contributed by atoms with Gasteiger partial charge < -0.3 is 0 Å². The third kappa shape index (κ3) is 4.82. The Hall–Kier alpha value is -6.46. The molecular formula is C42H27N5. The van der Waals surface area contributed by atoms with Crippen LogP contribution in [0, 0.1) is 0 Å². The van der Waals surface area contributed by atoms with Crippen molar-refractivity contribution in [2.75, 3.05) is 0 Å². The van der Waals surface area contributed by atoms with Crippen LogP contribution in [0.2, 0.25) is 0 Å². The second-order valence-electron chi connectivity index (χ2n) is 11.6. The molecule has 0 atom stereocenters. The van der Waals surface area contributed by atoms with E-state index in [0.717, 1.165) is 78.0 Å². The average molecular weight is 602 g/mol. The highest BCUT2D eigenvalue weighted by molar-refractivity contribution is 6.09. The fraction of sp³-hybridized carbons (Fsp3) is 0. The molecule has 5 heteroatoms. The summed E-state index contributed by atoms with van der Waals surface area (Å²) in [6.45, 7) is 0. The third-order valence-corrected chi connectivity index (χ3v) is 8.62. The highest BCUT2D eigenvalue weighted by atomic mass is 15.0. The van der Waals surface area contributed by atoms with E-state index in [2.05, 4.69) is 102 Å². The first-order chi connectivity index (χ1) is 23.3. The largest absolute Gasteiger partial charge is 0.298 e. The molecule has 9 aromatic rings. The summed E-state index contributed by atoms with van der Waals surface area (Å²) in [6.07, 6.45) is 2.06. The molecule has 0 aliphatic carbocycles. The minimum Gasteiger partial charge on any atom is -0.298 e. The average Bonchev–Trinajstić information content (AvgIpc) is 3.55. The SMILES string of the molecule is c1ccc(-c2cc(-c3ccccc3)nc(-c3cccc(-c4ccc(-c5nc6ccccc6c6nc7ccccn7c56)cc4)c3)n2)cc1. The van der Waals surface area contributed by atoms with E-state index in [-0.39, 0.29) is 0 Å². The van der Waals surface area contributed by atoms with Crippen LogP contribution in [0.4, 0.5) is 0 Å². The van der Waals surface area contributed by atoms with Crippen LogP contribution in [0.5, 0.6) is 0 Å². The molecule has 47 heavy (non-hydrogen) atoms. The number of imidazole rings is 1. The molecule has 0 aliphatic rings. The van der Waals surface area contributed by atoms with E-state index in [1.165, 1.54) is 0 Å². The van der Waals surface area contributed by atoms with E-state index in [1.54, 1.807) is 0 Å². The van der Waals surface area contributed by atoms with Gasteiger partial charge in [-0.2, -0.15) is 0 Å².